The standard InChI is InChI=1S/C10H18F2N2.ClH/c1-7-4-8(5-7)14-3-2-13-6-9(14)10(11)12;/h7-10,13H,2-6H2,1H3;1H. The molecule has 90 valence electrons. The SMILES string of the molecule is CC1CC(N2CCNCC2C(F)F)C1.Cl. The van der Waals surface area contributed by atoms with E-state index in [0.29, 0.717) is 12.6 Å². The van der Waals surface area contributed by atoms with Crippen molar-refractivity contribution in [3.05, 3.63) is 0 Å². The first-order valence-electron chi connectivity index (χ1n) is 5.43. The van der Waals surface area contributed by atoms with Crippen molar-refractivity contribution in [1.29, 1.82) is 0 Å². The van der Waals surface area contributed by atoms with Crippen molar-refractivity contribution in [2.45, 2.75) is 38.3 Å². The predicted molar refractivity (Wildman–Crippen MR) is 58.8 cm³/mol. The Morgan fingerprint density at radius 1 is 1.33 bits per heavy atom. The quantitative estimate of drug-likeness (QED) is 0.791. The molecule has 1 saturated carbocycles. The molecule has 1 N–H and O–H groups in total. The molecule has 0 radical (unpaired) electrons. The van der Waals surface area contributed by atoms with Crippen molar-refractivity contribution >= 4 is 12.4 Å². The van der Waals surface area contributed by atoms with Gasteiger partial charge >= 0.3 is 0 Å². The van der Waals surface area contributed by atoms with Gasteiger partial charge in [-0.05, 0) is 18.8 Å². The fourth-order valence-electron chi connectivity index (χ4n) is 2.56. The van der Waals surface area contributed by atoms with Crippen LogP contribution in [0.4, 0.5) is 8.78 Å². The first-order chi connectivity index (χ1) is 6.68. The van der Waals surface area contributed by atoms with Gasteiger partial charge in [0.1, 0.15) is 0 Å². The van der Waals surface area contributed by atoms with Gasteiger partial charge in [0.2, 0.25) is 0 Å². The maximum atomic E-state index is 12.7. The monoisotopic (exact) mass is 240 g/mol. The summed E-state index contributed by atoms with van der Waals surface area (Å²) in [4.78, 5) is 2.02. The van der Waals surface area contributed by atoms with E-state index in [4.69, 9.17) is 0 Å². The Labute approximate surface area is 95.8 Å². The van der Waals surface area contributed by atoms with Gasteiger partial charge in [-0.1, -0.05) is 6.92 Å². The molecule has 2 rings (SSSR count). The van der Waals surface area contributed by atoms with E-state index >= 15 is 0 Å². The largest absolute Gasteiger partial charge is 0.314 e. The molecule has 1 saturated heterocycles. The third kappa shape index (κ3) is 2.80. The summed E-state index contributed by atoms with van der Waals surface area (Å²) in [5, 5.41) is 3.04. The molecule has 5 heteroatoms. The van der Waals surface area contributed by atoms with Crippen LogP contribution in [0.2, 0.25) is 0 Å². The molecule has 15 heavy (non-hydrogen) atoms. The summed E-state index contributed by atoms with van der Waals surface area (Å²) >= 11 is 0. The minimum absolute atomic E-state index is 0. The normalized spacial score (nSPS) is 37.2. The number of piperazine rings is 1. The first-order valence-corrected chi connectivity index (χ1v) is 5.43. The molecular weight excluding hydrogens is 222 g/mol. The molecular formula is C10H19ClF2N2. The van der Waals surface area contributed by atoms with Gasteiger partial charge in [-0.25, -0.2) is 8.78 Å². The molecule has 2 nitrogen and oxygen atoms in total. The lowest BCUT2D eigenvalue weighted by molar-refractivity contribution is -0.0398. The number of nitrogens with one attached hydrogen (secondary N) is 1. The second-order valence-electron chi connectivity index (χ2n) is 4.57. The molecule has 0 aromatic heterocycles. The summed E-state index contributed by atoms with van der Waals surface area (Å²) in [6.07, 6.45) is -0.00870. The topological polar surface area (TPSA) is 15.3 Å². The van der Waals surface area contributed by atoms with Crippen LogP contribution in [0.15, 0.2) is 0 Å². The van der Waals surface area contributed by atoms with Crippen LogP contribution in [0.3, 0.4) is 0 Å². The number of alkyl halides is 2. The fourth-order valence-corrected chi connectivity index (χ4v) is 2.56. The molecule has 0 aromatic rings. The third-order valence-electron chi connectivity index (χ3n) is 3.44. The van der Waals surface area contributed by atoms with Gasteiger partial charge < -0.3 is 5.32 Å². The summed E-state index contributed by atoms with van der Waals surface area (Å²) in [6, 6.07) is -0.132. The number of hydrogen-bond donors (Lipinski definition) is 1. The molecule has 0 bridgehead atoms. The minimum Gasteiger partial charge on any atom is -0.314 e. The molecule has 1 unspecified atom stereocenters. The Morgan fingerprint density at radius 2 is 2.00 bits per heavy atom. The Kier molecular flexibility index (Phi) is 4.74. The lowest BCUT2D eigenvalue weighted by Gasteiger charge is -2.47. The Bertz CT molecular complexity index is 198. The molecule has 0 amide bonds. The number of hydrogen-bond acceptors (Lipinski definition) is 2. The van der Waals surface area contributed by atoms with Crippen molar-refractivity contribution in [2.24, 2.45) is 5.92 Å². The van der Waals surface area contributed by atoms with E-state index in [1.807, 2.05) is 4.90 Å². The van der Waals surface area contributed by atoms with Crippen LogP contribution in [0.25, 0.3) is 0 Å². The highest BCUT2D eigenvalue weighted by Crippen LogP contribution is 2.33. The highest BCUT2D eigenvalue weighted by atomic mass is 35.5. The van der Waals surface area contributed by atoms with Gasteiger partial charge in [0, 0.05) is 25.7 Å². The summed E-state index contributed by atoms with van der Waals surface area (Å²) in [5.74, 6) is 0.730. The molecule has 1 heterocycles. The summed E-state index contributed by atoms with van der Waals surface area (Å²) in [7, 11) is 0. The average molecular weight is 241 g/mol. The van der Waals surface area contributed by atoms with Crippen molar-refractivity contribution < 1.29 is 8.78 Å². The van der Waals surface area contributed by atoms with Gasteiger partial charge in [0.15, 0.2) is 0 Å². The molecule has 0 spiro atoms. The van der Waals surface area contributed by atoms with Gasteiger partial charge in [-0.15, -0.1) is 12.4 Å². The minimum atomic E-state index is -2.21. The Balaban J connectivity index is 0.00000112. The maximum Gasteiger partial charge on any atom is 0.255 e. The molecule has 2 fully saturated rings. The fraction of sp³-hybridized carbons (Fsp3) is 1.00. The number of halogens is 3. The predicted octanol–water partition coefficient (Wildman–Crippen LogP) is 1.75. The lowest BCUT2D eigenvalue weighted by atomic mass is 9.80. The van der Waals surface area contributed by atoms with Crippen LogP contribution in [-0.2, 0) is 0 Å². The molecule has 1 atom stereocenters. The van der Waals surface area contributed by atoms with E-state index in [0.717, 1.165) is 31.8 Å². The van der Waals surface area contributed by atoms with E-state index in [9.17, 15) is 8.78 Å². The van der Waals surface area contributed by atoms with E-state index in [2.05, 4.69) is 12.2 Å². The summed E-state index contributed by atoms with van der Waals surface area (Å²) < 4.78 is 25.4. The first kappa shape index (κ1) is 13.1. The Morgan fingerprint density at radius 3 is 2.53 bits per heavy atom. The van der Waals surface area contributed by atoms with E-state index in [-0.39, 0.29) is 12.4 Å². The third-order valence-corrected chi connectivity index (χ3v) is 3.44. The van der Waals surface area contributed by atoms with E-state index < -0.39 is 12.5 Å². The molecule has 1 aliphatic heterocycles. The van der Waals surface area contributed by atoms with Crippen LogP contribution in [0.5, 0.6) is 0 Å². The van der Waals surface area contributed by atoms with E-state index in [1.165, 1.54) is 0 Å². The smallest absolute Gasteiger partial charge is 0.255 e. The highest BCUT2D eigenvalue weighted by molar-refractivity contribution is 5.85. The average Bonchev–Trinajstić information content (AvgIpc) is 2.13. The zero-order valence-corrected chi connectivity index (χ0v) is 9.77. The zero-order chi connectivity index (χ0) is 10.1. The number of nitrogens with zero attached hydrogens (tertiary/aromatic N) is 1. The number of rotatable bonds is 2. The van der Waals surface area contributed by atoms with Gasteiger partial charge in [0.25, 0.3) is 6.43 Å². The zero-order valence-electron chi connectivity index (χ0n) is 8.96. The van der Waals surface area contributed by atoms with Crippen LogP contribution >= 0.6 is 12.4 Å². The lowest BCUT2D eigenvalue weighted by Crippen LogP contribution is -2.60. The van der Waals surface area contributed by atoms with Crippen molar-refractivity contribution in [2.75, 3.05) is 19.6 Å². The second kappa shape index (κ2) is 5.41. The Hall–Kier alpha value is 0.0700. The molecule has 2 aliphatic rings. The highest BCUT2D eigenvalue weighted by Gasteiger charge is 2.39. The van der Waals surface area contributed by atoms with Gasteiger partial charge in [0.05, 0.1) is 6.04 Å². The molecule has 1 aliphatic carbocycles. The van der Waals surface area contributed by atoms with E-state index in [1.54, 1.807) is 0 Å². The maximum absolute atomic E-state index is 12.7. The summed E-state index contributed by atoms with van der Waals surface area (Å²) in [5.41, 5.74) is 0. The molecule has 0 aromatic carbocycles. The van der Waals surface area contributed by atoms with Crippen LogP contribution in [-0.4, -0.2) is 43.0 Å². The van der Waals surface area contributed by atoms with Crippen molar-refractivity contribution in [1.82, 2.24) is 10.2 Å². The van der Waals surface area contributed by atoms with Gasteiger partial charge in [-0.2, -0.15) is 0 Å². The summed E-state index contributed by atoms with van der Waals surface area (Å²) in [6.45, 7) is 4.28. The van der Waals surface area contributed by atoms with Crippen molar-refractivity contribution in [3.63, 3.8) is 0 Å². The second-order valence-corrected chi connectivity index (χ2v) is 4.57. The van der Waals surface area contributed by atoms with Crippen LogP contribution in [0, 0.1) is 5.92 Å². The van der Waals surface area contributed by atoms with Crippen LogP contribution < -0.4 is 5.32 Å². The van der Waals surface area contributed by atoms with Crippen molar-refractivity contribution in [3.8, 4) is 0 Å². The van der Waals surface area contributed by atoms with Gasteiger partial charge in [-0.3, -0.25) is 4.90 Å². The van der Waals surface area contributed by atoms with Crippen LogP contribution in [0.1, 0.15) is 19.8 Å².